The minimum atomic E-state index is -0.0925. The van der Waals surface area contributed by atoms with E-state index in [1.807, 2.05) is 4.90 Å². The molecular weight excluding hydrogens is 292 g/mol. The van der Waals surface area contributed by atoms with Crippen molar-refractivity contribution in [3.8, 4) is 0 Å². The molecule has 2 heterocycles. The van der Waals surface area contributed by atoms with Gasteiger partial charge in [-0.3, -0.25) is 14.6 Å². The van der Waals surface area contributed by atoms with Crippen molar-refractivity contribution in [2.75, 3.05) is 26.2 Å². The lowest BCUT2D eigenvalue weighted by atomic mass is 9.88. The summed E-state index contributed by atoms with van der Waals surface area (Å²) in [4.78, 5) is 36.9. The fraction of sp³-hybridized carbons (Fsp3) is 0.647. The van der Waals surface area contributed by atoms with Crippen LogP contribution >= 0.6 is 0 Å². The average Bonchev–Trinajstić information content (AvgIpc) is 2.88. The van der Waals surface area contributed by atoms with E-state index in [1.165, 1.54) is 31.7 Å². The number of carbonyl (C=O) groups excluding carboxylic acids is 2. The van der Waals surface area contributed by atoms with Gasteiger partial charge >= 0.3 is 0 Å². The minimum absolute atomic E-state index is 0.0925. The summed E-state index contributed by atoms with van der Waals surface area (Å²) in [6, 6.07) is 0. The van der Waals surface area contributed by atoms with Crippen molar-refractivity contribution >= 4 is 11.8 Å². The summed E-state index contributed by atoms with van der Waals surface area (Å²) in [5.74, 6) is 0.398. The second kappa shape index (κ2) is 7.53. The molecule has 0 unspecified atom stereocenters. The van der Waals surface area contributed by atoms with Crippen molar-refractivity contribution in [2.24, 2.45) is 5.92 Å². The molecular formula is C17H24N4O2. The van der Waals surface area contributed by atoms with Gasteiger partial charge < -0.3 is 9.80 Å². The van der Waals surface area contributed by atoms with Crippen LogP contribution in [0.25, 0.3) is 0 Å². The Morgan fingerprint density at radius 1 is 0.913 bits per heavy atom. The summed E-state index contributed by atoms with van der Waals surface area (Å²) in [6.07, 6.45) is 11.1. The van der Waals surface area contributed by atoms with Crippen molar-refractivity contribution in [1.29, 1.82) is 0 Å². The van der Waals surface area contributed by atoms with Crippen molar-refractivity contribution < 1.29 is 9.59 Å². The number of hydrogen-bond acceptors (Lipinski definition) is 4. The van der Waals surface area contributed by atoms with Gasteiger partial charge in [-0.05, 0) is 19.3 Å². The molecule has 0 N–H and O–H groups in total. The maximum Gasteiger partial charge on any atom is 0.274 e. The summed E-state index contributed by atoms with van der Waals surface area (Å²) in [7, 11) is 0. The van der Waals surface area contributed by atoms with Crippen LogP contribution in [0.5, 0.6) is 0 Å². The predicted octanol–water partition coefficient (Wildman–Crippen LogP) is 1.73. The van der Waals surface area contributed by atoms with E-state index in [0.717, 1.165) is 25.8 Å². The van der Waals surface area contributed by atoms with Crippen LogP contribution in [0.4, 0.5) is 0 Å². The van der Waals surface area contributed by atoms with Crippen LogP contribution in [0.15, 0.2) is 18.6 Å². The first kappa shape index (κ1) is 15.9. The normalized spacial score (nSPS) is 20.2. The highest BCUT2D eigenvalue weighted by Crippen LogP contribution is 2.25. The third-order valence-electron chi connectivity index (χ3n) is 4.83. The van der Waals surface area contributed by atoms with Gasteiger partial charge in [0.25, 0.3) is 5.91 Å². The van der Waals surface area contributed by atoms with E-state index in [4.69, 9.17) is 0 Å². The predicted molar refractivity (Wildman–Crippen MR) is 85.7 cm³/mol. The summed E-state index contributed by atoms with van der Waals surface area (Å²) in [6.45, 7) is 2.62. The van der Waals surface area contributed by atoms with Crippen molar-refractivity contribution in [3.05, 3.63) is 24.3 Å². The number of rotatable bonds is 2. The van der Waals surface area contributed by atoms with E-state index in [0.29, 0.717) is 31.2 Å². The molecule has 2 fully saturated rings. The van der Waals surface area contributed by atoms with Gasteiger partial charge in [-0.25, -0.2) is 4.98 Å². The second-order valence-corrected chi connectivity index (χ2v) is 6.40. The third-order valence-corrected chi connectivity index (χ3v) is 4.83. The Kier molecular flexibility index (Phi) is 5.20. The highest BCUT2D eigenvalue weighted by atomic mass is 16.2. The molecule has 1 saturated carbocycles. The van der Waals surface area contributed by atoms with E-state index >= 15 is 0 Å². The Morgan fingerprint density at radius 2 is 1.65 bits per heavy atom. The Hall–Kier alpha value is -1.98. The Bertz CT molecular complexity index is 543. The maximum absolute atomic E-state index is 12.7. The van der Waals surface area contributed by atoms with Gasteiger partial charge in [-0.15, -0.1) is 0 Å². The molecule has 1 saturated heterocycles. The fourth-order valence-electron chi connectivity index (χ4n) is 3.52. The topological polar surface area (TPSA) is 66.4 Å². The zero-order valence-corrected chi connectivity index (χ0v) is 13.5. The summed E-state index contributed by atoms with van der Waals surface area (Å²) in [5.41, 5.74) is 0.375. The van der Waals surface area contributed by atoms with Gasteiger partial charge in [-0.2, -0.15) is 0 Å². The zero-order chi connectivity index (χ0) is 16.1. The molecule has 3 rings (SSSR count). The van der Waals surface area contributed by atoms with Crippen LogP contribution < -0.4 is 0 Å². The van der Waals surface area contributed by atoms with Crippen LogP contribution in [0.2, 0.25) is 0 Å². The second-order valence-electron chi connectivity index (χ2n) is 6.40. The lowest BCUT2D eigenvalue weighted by Crippen LogP contribution is -2.40. The van der Waals surface area contributed by atoms with E-state index in [9.17, 15) is 9.59 Å². The minimum Gasteiger partial charge on any atom is -0.341 e. The molecule has 1 aromatic heterocycles. The highest BCUT2D eigenvalue weighted by Gasteiger charge is 2.28. The lowest BCUT2D eigenvalue weighted by molar-refractivity contribution is -0.136. The molecule has 0 spiro atoms. The molecule has 0 bridgehead atoms. The van der Waals surface area contributed by atoms with Gasteiger partial charge in [0.1, 0.15) is 5.69 Å². The highest BCUT2D eigenvalue weighted by molar-refractivity contribution is 5.92. The van der Waals surface area contributed by atoms with Crippen LogP contribution in [0.1, 0.15) is 49.0 Å². The zero-order valence-electron chi connectivity index (χ0n) is 13.5. The van der Waals surface area contributed by atoms with Crippen molar-refractivity contribution in [3.63, 3.8) is 0 Å². The molecule has 0 radical (unpaired) electrons. The fourth-order valence-corrected chi connectivity index (χ4v) is 3.52. The van der Waals surface area contributed by atoms with E-state index in [-0.39, 0.29) is 11.8 Å². The Morgan fingerprint density at radius 3 is 2.39 bits per heavy atom. The number of nitrogens with zero attached hydrogens (tertiary/aromatic N) is 4. The summed E-state index contributed by atoms with van der Waals surface area (Å²) >= 11 is 0. The standard InChI is InChI=1S/C17H24N4O2/c22-16(14-5-2-1-3-6-14)20-9-4-10-21(12-11-20)17(23)15-13-18-7-8-19-15/h7-8,13-14H,1-6,9-12H2. The van der Waals surface area contributed by atoms with Gasteiger partial charge in [-0.1, -0.05) is 19.3 Å². The molecule has 6 nitrogen and oxygen atoms in total. The largest absolute Gasteiger partial charge is 0.341 e. The number of hydrogen-bond donors (Lipinski definition) is 0. The third kappa shape index (κ3) is 3.86. The summed E-state index contributed by atoms with van der Waals surface area (Å²) < 4.78 is 0. The van der Waals surface area contributed by atoms with E-state index in [2.05, 4.69) is 9.97 Å². The lowest BCUT2D eigenvalue weighted by Gasteiger charge is -2.28. The van der Waals surface area contributed by atoms with E-state index < -0.39 is 0 Å². The first-order chi connectivity index (χ1) is 11.3. The van der Waals surface area contributed by atoms with Crippen molar-refractivity contribution in [2.45, 2.75) is 38.5 Å². The van der Waals surface area contributed by atoms with E-state index in [1.54, 1.807) is 11.1 Å². The molecule has 2 aliphatic rings. The van der Waals surface area contributed by atoms with Gasteiger partial charge in [0, 0.05) is 44.5 Å². The first-order valence-electron chi connectivity index (χ1n) is 8.60. The molecule has 1 aromatic rings. The summed E-state index contributed by atoms with van der Waals surface area (Å²) in [5, 5.41) is 0. The average molecular weight is 316 g/mol. The first-order valence-corrected chi connectivity index (χ1v) is 8.60. The van der Waals surface area contributed by atoms with Gasteiger partial charge in [0.05, 0.1) is 6.20 Å². The van der Waals surface area contributed by atoms with Crippen LogP contribution in [0, 0.1) is 5.92 Å². The molecule has 0 aromatic carbocycles. The van der Waals surface area contributed by atoms with Crippen molar-refractivity contribution in [1.82, 2.24) is 19.8 Å². The van der Waals surface area contributed by atoms with Crippen LogP contribution in [-0.4, -0.2) is 57.8 Å². The molecule has 6 heteroatoms. The maximum atomic E-state index is 12.7. The SMILES string of the molecule is O=C(c1cnccn1)N1CCCN(C(=O)C2CCCCC2)CC1. The Labute approximate surface area is 136 Å². The number of amides is 2. The van der Waals surface area contributed by atoms with Crippen LogP contribution in [0.3, 0.4) is 0 Å². The van der Waals surface area contributed by atoms with Gasteiger partial charge in [0.2, 0.25) is 5.91 Å². The molecule has 2 amide bonds. The number of carbonyl (C=O) groups is 2. The molecule has 1 aliphatic carbocycles. The smallest absolute Gasteiger partial charge is 0.274 e. The van der Waals surface area contributed by atoms with Crippen LogP contribution in [-0.2, 0) is 4.79 Å². The van der Waals surface area contributed by atoms with Gasteiger partial charge in [0.15, 0.2) is 0 Å². The quantitative estimate of drug-likeness (QED) is 0.833. The molecule has 23 heavy (non-hydrogen) atoms. The Balaban J connectivity index is 1.58. The monoisotopic (exact) mass is 316 g/mol. The molecule has 124 valence electrons. The number of aromatic nitrogens is 2. The molecule has 1 aliphatic heterocycles. The molecule has 0 atom stereocenters.